The van der Waals surface area contributed by atoms with Crippen molar-refractivity contribution in [3.05, 3.63) is 0 Å². The molecule has 2 fully saturated rings. The zero-order valence-electron chi connectivity index (χ0n) is 7.21. The molecule has 0 amide bonds. The molecule has 0 aromatic rings. The van der Waals surface area contributed by atoms with E-state index in [9.17, 15) is 4.79 Å². The lowest BCUT2D eigenvalue weighted by molar-refractivity contribution is -0.148. The van der Waals surface area contributed by atoms with Crippen LogP contribution in [-0.2, 0) is 9.53 Å². The molecule has 68 valence electrons. The molecule has 2 rings (SSSR count). The van der Waals surface area contributed by atoms with E-state index < -0.39 is 0 Å². The number of rotatable bonds is 2. The second kappa shape index (κ2) is 3.44. The van der Waals surface area contributed by atoms with Gasteiger partial charge in [0, 0.05) is 0 Å². The maximum atomic E-state index is 11.4. The zero-order valence-corrected chi connectivity index (χ0v) is 7.21. The molecular weight excluding hydrogens is 154 g/mol. The number of nitrogens with one attached hydrogen (secondary N) is 1. The highest BCUT2D eigenvalue weighted by atomic mass is 16.5. The molecule has 3 nitrogen and oxygen atoms in total. The van der Waals surface area contributed by atoms with E-state index in [0.29, 0.717) is 0 Å². The highest BCUT2D eigenvalue weighted by molar-refractivity contribution is 5.76. The normalized spacial score (nSPS) is 29.8. The largest absolute Gasteiger partial charge is 0.461 e. The van der Waals surface area contributed by atoms with Gasteiger partial charge in [-0.1, -0.05) is 6.42 Å². The van der Waals surface area contributed by atoms with Crippen molar-refractivity contribution in [3.8, 4) is 0 Å². The Bertz CT molecular complexity index is 171. The lowest BCUT2D eigenvalue weighted by Gasteiger charge is -2.21. The van der Waals surface area contributed by atoms with Crippen LogP contribution in [0.1, 0.15) is 32.1 Å². The first-order chi connectivity index (χ1) is 5.86. The van der Waals surface area contributed by atoms with Gasteiger partial charge in [-0.2, -0.15) is 0 Å². The van der Waals surface area contributed by atoms with Gasteiger partial charge >= 0.3 is 5.97 Å². The van der Waals surface area contributed by atoms with Crippen molar-refractivity contribution in [3.63, 3.8) is 0 Å². The number of ether oxygens (including phenoxy) is 1. The zero-order chi connectivity index (χ0) is 8.39. The molecule has 2 aliphatic rings. The van der Waals surface area contributed by atoms with Crippen LogP contribution in [0.3, 0.4) is 0 Å². The molecule has 0 aromatic heterocycles. The van der Waals surface area contributed by atoms with Crippen molar-refractivity contribution < 1.29 is 9.53 Å². The van der Waals surface area contributed by atoms with Crippen LogP contribution in [0.5, 0.6) is 0 Å². The Labute approximate surface area is 72.5 Å². The molecular formula is C9H15NO2. The minimum Gasteiger partial charge on any atom is -0.461 e. The van der Waals surface area contributed by atoms with E-state index in [1.165, 1.54) is 6.42 Å². The minimum atomic E-state index is -0.0304. The van der Waals surface area contributed by atoms with Crippen LogP contribution in [0.2, 0.25) is 0 Å². The topological polar surface area (TPSA) is 38.3 Å². The predicted molar refractivity (Wildman–Crippen MR) is 44.8 cm³/mol. The van der Waals surface area contributed by atoms with Crippen LogP contribution in [0.4, 0.5) is 0 Å². The summed E-state index contributed by atoms with van der Waals surface area (Å²) in [5, 5.41) is 3.18. The van der Waals surface area contributed by atoms with Crippen LogP contribution in [0.25, 0.3) is 0 Å². The van der Waals surface area contributed by atoms with Gasteiger partial charge in [-0.15, -0.1) is 0 Å². The molecule has 3 heteroatoms. The number of carbonyl (C=O) groups excluding carboxylic acids is 1. The molecule has 1 saturated heterocycles. The van der Waals surface area contributed by atoms with Gasteiger partial charge in [0.25, 0.3) is 0 Å². The molecule has 0 unspecified atom stereocenters. The average Bonchev–Trinajstić information content (AvgIpc) is 2.90. The Morgan fingerprint density at radius 3 is 2.67 bits per heavy atom. The molecule has 0 spiro atoms. The van der Waals surface area contributed by atoms with Gasteiger partial charge in [-0.3, -0.25) is 4.79 Å². The van der Waals surface area contributed by atoms with Crippen LogP contribution in [0.15, 0.2) is 0 Å². The summed E-state index contributed by atoms with van der Waals surface area (Å²) in [5.41, 5.74) is 0. The Hall–Kier alpha value is -0.570. The highest BCUT2D eigenvalue weighted by Gasteiger charge is 2.30. The van der Waals surface area contributed by atoms with Crippen LogP contribution >= 0.6 is 0 Å². The minimum absolute atomic E-state index is 0.0145. The maximum absolute atomic E-state index is 11.4. The lowest BCUT2D eigenvalue weighted by Crippen LogP contribution is -2.41. The van der Waals surface area contributed by atoms with Gasteiger partial charge in [0.1, 0.15) is 12.1 Å². The number of piperidine rings is 1. The molecule has 1 aliphatic carbocycles. The summed E-state index contributed by atoms with van der Waals surface area (Å²) in [6.45, 7) is 0.963. The molecule has 1 saturated carbocycles. The monoisotopic (exact) mass is 169 g/mol. The van der Waals surface area contributed by atoms with Gasteiger partial charge in [-0.05, 0) is 32.2 Å². The van der Waals surface area contributed by atoms with Gasteiger partial charge in [0.2, 0.25) is 0 Å². The van der Waals surface area contributed by atoms with Crippen molar-refractivity contribution in [1.82, 2.24) is 5.32 Å². The third kappa shape index (κ3) is 1.97. The lowest BCUT2D eigenvalue weighted by atomic mass is 10.1. The van der Waals surface area contributed by atoms with Crippen LogP contribution in [0, 0.1) is 0 Å². The van der Waals surface area contributed by atoms with Gasteiger partial charge < -0.3 is 10.1 Å². The van der Waals surface area contributed by atoms with Gasteiger partial charge in [0.15, 0.2) is 0 Å². The first-order valence-electron chi connectivity index (χ1n) is 4.80. The van der Waals surface area contributed by atoms with E-state index in [0.717, 1.165) is 32.2 Å². The van der Waals surface area contributed by atoms with Crippen molar-refractivity contribution in [2.24, 2.45) is 0 Å². The Kier molecular flexibility index (Phi) is 2.30. The third-order valence-electron chi connectivity index (χ3n) is 2.40. The quantitative estimate of drug-likeness (QED) is 0.622. The average molecular weight is 169 g/mol. The standard InChI is InChI=1S/C9H15NO2/c11-9(12-7-4-5-7)8-3-1-2-6-10-8/h7-8,10H,1-6H2/t8-/m0/s1. The van der Waals surface area contributed by atoms with E-state index in [2.05, 4.69) is 5.32 Å². The Morgan fingerprint density at radius 2 is 2.08 bits per heavy atom. The SMILES string of the molecule is O=C(OC1CC1)[C@@H]1CCCCN1. The molecule has 1 heterocycles. The maximum Gasteiger partial charge on any atom is 0.323 e. The first-order valence-corrected chi connectivity index (χ1v) is 4.80. The summed E-state index contributed by atoms with van der Waals surface area (Å²) in [4.78, 5) is 11.4. The van der Waals surface area contributed by atoms with E-state index in [4.69, 9.17) is 4.74 Å². The smallest absolute Gasteiger partial charge is 0.323 e. The molecule has 0 aromatic carbocycles. The van der Waals surface area contributed by atoms with E-state index in [1.54, 1.807) is 0 Å². The highest BCUT2D eigenvalue weighted by Crippen LogP contribution is 2.24. The van der Waals surface area contributed by atoms with Crippen LogP contribution < -0.4 is 5.32 Å². The Morgan fingerprint density at radius 1 is 1.25 bits per heavy atom. The Balaban J connectivity index is 1.76. The summed E-state index contributed by atoms with van der Waals surface area (Å²) in [5.74, 6) is -0.0304. The second-order valence-corrected chi connectivity index (χ2v) is 3.64. The summed E-state index contributed by atoms with van der Waals surface area (Å²) in [7, 11) is 0. The fourth-order valence-electron chi connectivity index (χ4n) is 1.49. The van der Waals surface area contributed by atoms with Crippen molar-refractivity contribution >= 4 is 5.97 Å². The van der Waals surface area contributed by atoms with Crippen molar-refractivity contribution in [2.75, 3.05) is 6.54 Å². The number of hydrogen-bond acceptors (Lipinski definition) is 3. The number of carbonyl (C=O) groups is 1. The number of hydrogen-bond donors (Lipinski definition) is 1. The third-order valence-corrected chi connectivity index (χ3v) is 2.40. The van der Waals surface area contributed by atoms with Gasteiger partial charge in [0.05, 0.1) is 0 Å². The van der Waals surface area contributed by atoms with E-state index >= 15 is 0 Å². The first kappa shape index (κ1) is 8.05. The summed E-state index contributed by atoms with van der Waals surface area (Å²) in [6, 6.07) is -0.0145. The summed E-state index contributed by atoms with van der Waals surface area (Å²) in [6.07, 6.45) is 5.67. The van der Waals surface area contributed by atoms with Crippen molar-refractivity contribution in [2.45, 2.75) is 44.2 Å². The van der Waals surface area contributed by atoms with Gasteiger partial charge in [-0.25, -0.2) is 0 Å². The fraction of sp³-hybridized carbons (Fsp3) is 0.889. The number of esters is 1. The fourth-order valence-corrected chi connectivity index (χ4v) is 1.49. The molecule has 1 aliphatic heterocycles. The molecule has 0 radical (unpaired) electrons. The van der Waals surface area contributed by atoms with E-state index in [1.807, 2.05) is 0 Å². The molecule has 1 N–H and O–H groups in total. The molecule has 0 bridgehead atoms. The molecule has 1 atom stereocenters. The summed E-state index contributed by atoms with van der Waals surface area (Å²) >= 11 is 0. The van der Waals surface area contributed by atoms with Crippen molar-refractivity contribution in [1.29, 1.82) is 0 Å². The van der Waals surface area contributed by atoms with E-state index in [-0.39, 0.29) is 18.1 Å². The summed E-state index contributed by atoms with van der Waals surface area (Å²) < 4.78 is 5.20. The molecule has 12 heavy (non-hydrogen) atoms. The van der Waals surface area contributed by atoms with Crippen LogP contribution in [-0.4, -0.2) is 24.7 Å². The predicted octanol–water partition coefficient (Wildman–Crippen LogP) is 0.834. The second-order valence-electron chi connectivity index (χ2n) is 3.64.